The molecule has 0 unspecified atom stereocenters. The molecule has 2 aromatic heterocycles. The molecule has 134 valence electrons. The van der Waals surface area contributed by atoms with E-state index in [0.29, 0.717) is 38.1 Å². The van der Waals surface area contributed by atoms with Crippen molar-refractivity contribution in [3.63, 3.8) is 0 Å². The number of amides is 1. The molecule has 0 bridgehead atoms. The minimum atomic E-state index is -0.368. The lowest BCUT2D eigenvalue weighted by Crippen LogP contribution is -2.37. The van der Waals surface area contributed by atoms with E-state index >= 15 is 0 Å². The van der Waals surface area contributed by atoms with Crippen LogP contribution in [0.5, 0.6) is 0 Å². The second kappa shape index (κ2) is 5.69. The molecular weight excluding hydrogens is 320 g/mol. The largest absolute Gasteiger partial charge is 0.425 e. The van der Waals surface area contributed by atoms with Crippen LogP contribution >= 0.6 is 0 Å². The molecule has 4 heterocycles. The molecule has 0 radical (unpaired) electrons. The number of carbonyl (C=O) groups excluding carboxylic acids is 1. The number of fused-ring (bicyclic) bond motifs is 1. The first-order valence-electron chi connectivity index (χ1n) is 8.80. The number of likely N-dealkylation sites (tertiary alicyclic amines) is 1. The maximum Gasteiger partial charge on any atom is 0.255 e. The van der Waals surface area contributed by atoms with Gasteiger partial charge in [0.05, 0.1) is 24.2 Å². The molecule has 2 aliphatic heterocycles. The van der Waals surface area contributed by atoms with Crippen molar-refractivity contribution >= 4 is 5.91 Å². The summed E-state index contributed by atoms with van der Waals surface area (Å²) in [5.74, 6) is 1.43. The monoisotopic (exact) mass is 344 g/mol. The average Bonchev–Trinajstić information content (AvgIpc) is 3.29. The Labute approximate surface area is 147 Å². The molecule has 0 aromatic carbocycles. The molecule has 4 rings (SSSR count). The number of aryl methyl sites for hydroxylation is 2. The Kier molecular flexibility index (Phi) is 3.72. The van der Waals surface area contributed by atoms with Crippen molar-refractivity contribution in [3.05, 3.63) is 34.8 Å². The van der Waals surface area contributed by atoms with Crippen molar-refractivity contribution in [2.75, 3.05) is 26.3 Å². The number of ether oxygens (including phenoxy) is 1. The van der Waals surface area contributed by atoms with Gasteiger partial charge in [-0.1, -0.05) is 0 Å². The molecule has 1 amide bonds. The van der Waals surface area contributed by atoms with E-state index in [1.165, 1.54) is 0 Å². The van der Waals surface area contributed by atoms with Gasteiger partial charge in [0.2, 0.25) is 11.8 Å². The summed E-state index contributed by atoms with van der Waals surface area (Å²) in [6, 6.07) is 2.00. The Morgan fingerprint density at radius 3 is 2.80 bits per heavy atom. The second-order valence-electron chi connectivity index (χ2n) is 7.21. The van der Waals surface area contributed by atoms with Gasteiger partial charge in [-0.2, -0.15) is 0 Å². The van der Waals surface area contributed by atoms with E-state index in [4.69, 9.17) is 9.15 Å². The first-order chi connectivity index (χ1) is 12.0. The van der Waals surface area contributed by atoms with Crippen LogP contribution in [0.2, 0.25) is 0 Å². The van der Waals surface area contributed by atoms with Crippen LogP contribution in [-0.4, -0.2) is 51.9 Å². The van der Waals surface area contributed by atoms with Crippen LogP contribution in [0.25, 0.3) is 0 Å². The van der Waals surface area contributed by atoms with Crippen molar-refractivity contribution in [2.24, 2.45) is 5.92 Å². The highest BCUT2D eigenvalue weighted by Gasteiger charge is 2.56. The molecule has 7 nitrogen and oxygen atoms in total. The first kappa shape index (κ1) is 16.3. The van der Waals surface area contributed by atoms with E-state index in [0.717, 1.165) is 23.5 Å². The molecule has 25 heavy (non-hydrogen) atoms. The van der Waals surface area contributed by atoms with Gasteiger partial charge in [0.15, 0.2) is 0 Å². The van der Waals surface area contributed by atoms with Gasteiger partial charge in [0, 0.05) is 43.9 Å². The van der Waals surface area contributed by atoms with E-state index in [1.807, 2.05) is 24.8 Å². The van der Waals surface area contributed by atoms with E-state index in [-0.39, 0.29) is 17.2 Å². The molecule has 2 aromatic rings. The van der Waals surface area contributed by atoms with Gasteiger partial charge < -0.3 is 18.6 Å². The summed E-state index contributed by atoms with van der Waals surface area (Å²) in [4.78, 5) is 15.1. The summed E-state index contributed by atoms with van der Waals surface area (Å²) < 4.78 is 13.6. The minimum absolute atomic E-state index is 0.0813. The Bertz CT molecular complexity index is 824. The lowest BCUT2D eigenvalue weighted by Gasteiger charge is -2.23. The van der Waals surface area contributed by atoms with Crippen molar-refractivity contribution in [1.82, 2.24) is 19.7 Å². The summed E-state index contributed by atoms with van der Waals surface area (Å²) in [7, 11) is 0. The van der Waals surface area contributed by atoms with Crippen LogP contribution < -0.4 is 0 Å². The molecule has 7 heteroatoms. The Morgan fingerprint density at radius 2 is 2.16 bits per heavy atom. The molecule has 0 spiro atoms. The second-order valence-corrected chi connectivity index (χ2v) is 7.21. The van der Waals surface area contributed by atoms with Crippen LogP contribution in [0.15, 0.2) is 10.5 Å². The van der Waals surface area contributed by atoms with Gasteiger partial charge in [-0.25, -0.2) is 0 Å². The van der Waals surface area contributed by atoms with E-state index < -0.39 is 0 Å². The predicted octanol–water partition coefficient (Wildman–Crippen LogP) is 1.86. The normalized spacial score (nSPS) is 25.6. The molecule has 2 atom stereocenters. The lowest BCUT2D eigenvalue weighted by molar-refractivity contribution is 0.0737. The number of hydrogen-bond acceptors (Lipinski definition) is 5. The van der Waals surface area contributed by atoms with E-state index in [1.54, 1.807) is 6.92 Å². The quantitative estimate of drug-likeness (QED) is 0.850. The Balaban J connectivity index is 1.64. The van der Waals surface area contributed by atoms with Crippen molar-refractivity contribution in [3.8, 4) is 0 Å². The SMILES string of the molecule is CCn1c(C)cc(C(=O)N2C[C@H]3COC[C@@]3(c3nnc(C)o3)C2)c1C. The van der Waals surface area contributed by atoms with Crippen LogP contribution in [0, 0.1) is 26.7 Å². The number of hydrogen-bond donors (Lipinski definition) is 0. The van der Waals surface area contributed by atoms with Gasteiger partial charge in [-0.3, -0.25) is 4.79 Å². The smallest absolute Gasteiger partial charge is 0.255 e. The maximum absolute atomic E-state index is 13.2. The fourth-order valence-corrected chi connectivity index (χ4v) is 4.37. The van der Waals surface area contributed by atoms with Gasteiger partial charge in [-0.15, -0.1) is 10.2 Å². The highest BCUT2D eigenvalue weighted by Crippen LogP contribution is 2.43. The van der Waals surface area contributed by atoms with Crippen molar-refractivity contribution in [2.45, 2.75) is 39.7 Å². The summed E-state index contributed by atoms with van der Waals surface area (Å²) in [6.07, 6.45) is 0. The van der Waals surface area contributed by atoms with Gasteiger partial charge in [-0.05, 0) is 26.8 Å². The minimum Gasteiger partial charge on any atom is -0.425 e. The molecular formula is C18H24N4O3. The standard InChI is InChI=1S/C18H24N4O3/c1-5-22-11(2)6-15(12(22)3)16(23)21-7-14-8-24-10-18(14,9-21)17-20-19-13(4)25-17/h6,14H,5,7-10H2,1-4H3/t14-,18-/m0/s1. The highest BCUT2D eigenvalue weighted by atomic mass is 16.5. The highest BCUT2D eigenvalue weighted by molar-refractivity contribution is 5.96. The predicted molar refractivity (Wildman–Crippen MR) is 90.5 cm³/mol. The Morgan fingerprint density at radius 1 is 1.36 bits per heavy atom. The summed E-state index contributed by atoms with van der Waals surface area (Å²) in [5.41, 5.74) is 2.57. The molecule has 2 aliphatic rings. The van der Waals surface area contributed by atoms with E-state index in [2.05, 4.69) is 21.7 Å². The zero-order valence-electron chi connectivity index (χ0n) is 15.2. The van der Waals surface area contributed by atoms with E-state index in [9.17, 15) is 4.79 Å². The van der Waals surface area contributed by atoms with Crippen LogP contribution in [0.1, 0.15) is 40.5 Å². The zero-order chi connectivity index (χ0) is 17.8. The van der Waals surface area contributed by atoms with Crippen LogP contribution in [-0.2, 0) is 16.7 Å². The van der Waals surface area contributed by atoms with Gasteiger partial charge >= 0.3 is 0 Å². The molecule has 0 aliphatic carbocycles. The van der Waals surface area contributed by atoms with Crippen LogP contribution in [0.4, 0.5) is 0 Å². The fourth-order valence-electron chi connectivity index (χ4n) is 4.37. The number of aromatic nitrogens is 3. The Hall–Kier alpha value is -2.15. The third kappa shape index (κ3) is 2.33. The number of rotatable bonds is 3. The number of carbonyl (C=O) groups is 1. The third-order valence-electron chi connectivity index (χ3n) is 5.73. The number of nitrogens with zero attached hydrogens (tertiary/aromatic N) is 4. The zero-order valence-corrected chi connectivity index (χ0v) is 15.2. The fraction of sp³-hybridized carbons (Fsp3) is 0.611. The first-order valence-corrected chi connectivity index (χ1v) is 8.80. The lowest BCUT2D eigenvalue weighted by atomic mass is 9.81. The molecule has 2 saturated heterocycles. The third-order valence-corrected chi connectivity index (χ3v) is 5.73. The maximum atomic E-state index is 13.2. The molecule has 2 fully saturated rings. The topological polar surface area (TPSA) is 73.4 Å². The molecule has 0 N–H and O–H groups in total. The van der Waals surface area contributed by atoms with Gasteiger partial charge in [0.1, 0.15) is 0 Å². The van der Waals surface area contributed by atoms with Crippen molar-refractivity contribution < 1.29 is 13.9 Å². The van der Waals surface area contributed by atoms with Crippen LogP contribution in [0.3, 0.4) is 0 Å². The average molecular weight is 344 g/mol. The summed E-state index contributed by atoms with van der Waals surface area (Å²) in [5, 5.41) is 8.21. The van der Waals surface area contributed by atoms with Gasteiger partial charge in [0.25, 0.3) is 5.91 Å². The summed E-state index contributed by atoms with van der Waals surface area (Å²) in [6.45, 7) is 11.2. The summed E-state index contributed by atoms with van der Waals surface area (Å²) >= 11 is 0. The van der Waals surface area contributed by atoms with Crippen molar-refractivity contribution in [1.29, 1.82) is 0 Å². The molecule has 0 saturated carbocycles.